The predicted octanol–water partition coefficient (Wildman–Crippen LogP) is 2.06. The van der Waals surface area contributed by atoms with Gasteiger partial charge in [0.1, 0.15) is 11.8 Å². The molecule has 0 saturated heterocycles. The summed E-state index contributed by atoms with van der Waals surface area (Å²) in [4.78, 5) is 24.3. The van der Waals surface area contributed by atoms with Crippen LogP contribution in [0.4, 0.5) is 0 Å². The molecule has 0 aliphatic rings. The van der Waals surface area contributed by atoms with Crippen LogP contribution in [-0.2, 0) is 4.79 Å². The van der Waals surface area contributed by atoms with E-state index in [9.17, 15) is 14.7 Å². The molecule has 5 nitrogen and oxygen atoms in total. The molecule has 2 amide bonds. The van der Waals surface area contributed by atoms with E-state index in [-0.39, 0.29) is 23.1 Å². The van der Waals surface area contributed by atoms with Gasteiger partial charge in [-0.25, -0.2) is 0 Å². The molecular formula is C16H24N2O3. The van der Waals surface area contributed by atoms with Gasteiger partial charge >= 0.3 is 0 Å². The molecule has 0 aromatic heterocycles. The Morgan fingerprint density at radius 2 is 1.90 bits per heavy atom. The lowest BCUT2D eigenvalue weighted by Crippen LogP contribution is -2.49. The molecule has 0 heterocycles. The Morgan fingerprint density at radius 1 is 1.24 bits per heavy atom. The van der Waals surface area contributed by atoms with E-state index in [4.69, 9.17) is 0 Å². The van der Waals surface area contributed by atoms with Crippen LogP contribution in [0.25, 0.3) is 0 Å². The molecule has 0 bridgehead atoms. The molecule has 0 unspecified atom stereocenters. The van der Waals surface area contributed by atoms with E-state index in [0.717, 1.165) is 12.8 Å². The second-order valence-corrected chi connectivity index (χ2v) is 5.36. The number of phenolic OH excluding ortho intramolecular Hbond substituents is 1. The summed E-state index contributed by atoms with van der Waals surface area (Å²) in [5, 5.41) is 15.2. The minimum Gasteiger partial charge on any atom is -0.507 e. The first-order valence-corrected chi connectivity index (χ1v) is 7.34. The lowest BCUT2D eigenvalue weighted by Gasteiger charge is -2.22. The number of hydrogen-bond donors (Lipinski definition) is 3. The average Bonchev–Trinajstić information content (AvgIpc) is 2.44. The molecule has 1 aromatic rings. The summed E-state index contributed by atoms with van der Waals surface area (Å²) < 4.78 is 0. The third kappa shape index (κ3) is 5.10. The Labute approximate surface area is 125 Å². The van der Waals surface area contributed by atoms with Crippen LogP contribution >= 0.6 is 0 Å². The summed E-state index contributed by atoms with van der Waals surface area (Å²) in [6, 6.07) is 5.66. The molecular weight excluding hydrogens is 268 g/mol. The van der Waals surface area contributed by atoms with Gasteiger partial charge in [-0.2, -0.15) is 0 Å². The van der Waals surface area contributed by atoms with Crippen molar-refractivity contribution in [3.8, 4) is 5.75 Å². The van der Waals surface area contributed by atoms with E-state index in [2.05, 4.69) is 10.6 Å². The quantitative estimate of drug-likeness (QED) is 0.673. The first kappa shape index (κ1) is 17.0. The maximum absolute atomic E-state index is 12.2. The molecule has 1 rings (SSSR count). The Morgan fingerprint density at radius 3 is 2.48 bits per heavy atom. The maximum atomic E-state index is 12.2. The van der Waals surface area contributed by atoms with Crippen molar-refractivity contribution in [2.24, 2.45) is 5.92 Å². The molecule has 0 fully saturated rings. The van der Waals surface area contributed by atoms with E-state index in [1.807, 2.05) is 20.8 Å². The normalized spacial score (nSPS) is 12.0. The first-order chi connectivity index (χ1) is 9.97. The zero-order valence-corrected chi connectivity index (χ0v) is 12.8. The van der Waals surface area contributed by atoms with Gasteiger partial charge in [-0.1, -0.05) is 39.3 Å². The van der Waals surface area contributed by atoms with Gasteiger partial charge in [-0.3, -0.25) is 9.59 Å². The van der Waals surface area contributed by atoms with Crippen LogP contribution in [0.1, 0.15) is 44.0 Å². The van der Waals surface area contributed by atoms with Gasteiger partial charge in [-0.15, -0.1) is 0 Å². The fourth-order valence-corrected chi connectivity index (χ4v) is 1.92. The zero-order valence-electron chi connectivity index (χ0n) is 12.8. The molecule has 0 saturated carbocycles. The highest BCUT2D eigenvalue weighted by atomic mass is 16.3. The van der Waals surface area contributed by atoms with Crippen molar-refractivity contribution in [1.29, 1.82) is 0 Å². The van der Waals surface area contributed by atoms with Crippen molar-refractivity contribution in [3.63, 3.8) is 0 Å². The summed E-state index contributed by atoms with van der Waals surface area (Å²) >= 11 is 0. The summed E-state index contributed by atoms with van der Waals surface area (Å²) in [5.41, 5.74) is 0.171. The highest BCUT2D eigenvalue weighted by molar-refractivity contribution is 5.99. The third-order valence-corrected chi connectivity index (χ3v) is 3.21. The Hall–Kier alpha value is -2.04. The van der Waals surface area contributed by atoms with E-state index < -0.39 is 11.9 Å². The molecule has 0 aliphatic carbocycles. The number of phenols is 1. The summed E-state index contributed by atoms with van der Waals surface area (Å²) in [5.74, 6) is -0.773. The lowest BCUT2D eigenvalue weighted by atomic mass is 10.0. The number of benzene rings is 1. The maximum Gasteiger partial charge on any atom is 0.255 e. The number of carbonyl (C=O) groups excluding carboxylic acids is 2. The fourth-order valence-electron chi connectivity index (χ4n) is 1.92. The number of amides is 2. The van der Waals surface area contributed by atoms with Crippen molar-refractivity contribution >= 4 is 11.8 Å². The molecule has 1 aromatic carbocycles. The van der Waals surface area contributed by atoms with Crippen LogP contribution in [0.2, 0.25) is 0 Å². The van der Waals surface area contributed by atoms with Crippen molar-refractivity contribution in [2.75, 3.05) is 6.54 Å². The highest BCUT2D eigenvalue weighted by Crippen LogP contribution is 2.16. The molecule has 116 valence electrons. The standard InChI is InChI=1S/C16H24N2O3/c1-4-5-10-17-16(21)14(11(2)3)18-15(20)12-8-6-7-9-13(12)19/h6-9,11,14,19H,4-5,10H2,1-3H3,(H,17,21)(H,18,20)/t14-/m0/s1. The van der Waals surface area contributed by atoms with E-state index >= 15 is 0 Å². The number of hydrogen-bond acceptors (Lipinski definition) is 3. The molecule has 21 heavy (non-hydrogen) atoms. The second-order valence-electron chi connectivity index (χ2n) is 5.36. The van der Waals surface area contributed by atoms with E-state index in [1.54, 1.807) is 12.1 Å². The van der Waals surface area contributed by atoms with Crippen LogP contribution in [0.3, 0.4) is 0 Å². The topological polar surface area (TPSA) is 78.4 Å². The van der Waals surface area contributed by atoms with Crippen LogP contribution in [0, 0.1) is 5.92 Å². The summed E-state index contributed by atoms with van der Waals surface area (Å²) in [6.07, 6.45) is 1.90. The van der Waals surface area contributed by atoms with Crippen molar-refractivity contribution in [3.05, 3.63) is 29.8 Å². The number of rotatable bonds is 7. The third-order valence-electron chi connectivity index (χ3n) is 3.21. The van der Waals surface area contributed by atoms with Gasteiger partial charge in [-0.05, 0) is 24.5 Å². The number of carbonyl (C=O) groups is 2. The van der Waals surface area contributed by atoms with Gasteiger partial charge in [0.15, 0.2) is 0 Å². The van der Waals surface area contributed by atoms with Gasteiger partial charge < -0.3 is 15.7 Å². The SMILES string of the molecule is CCCCNC(=O)[C@@H](NC(=O)c1ccccc1O)C(C)C. The summed E-state index contributed by atoms with van der Waals surface area (Å²) in [6.45, 7) is 6.39. The minimum absolute atomic E-state index is 0.0403. The van der Waals surface area contributed by atoms with Crippen molar-refractivity contribution < 1.29 is 14.7 Å². The Kier molecular flexibility index (Phi) is 6.72. The molecule has 5 heteroatoms. The van der Waals surface area contributed by atoms with Gasteiger partial charge in [0.25, 0.3) is 5.91 Å². The highest BCUT2D eigenvalue weighted by Gasteiger charge is 2.25. The van der Waals surface area contributed by atoms with Crippen LogP contribution in [-0.4, -0.2) is 29.5 Å². The van der Waals surface area contributed by atoms with E-state index in [0.29, 0.717) is 6.54 Å². The molecule has 3 N–H and O–H groups in total. The predicted molar refractivity (Wildman–Crippen MR) is 82.1 cm³/mol. The lowest BCUT2D eigenvalue weighted by molar-refractivity contribution is -0.123. The number of aromatic hydroxyl groups is 1. The monoisotopic (exact) mass is 292 g/mol. The average molecular weight is 292 g/mol. The van der Waals surface area contributed by atoms with E-state index in [1.165, 1.54) is 12.1 Å². The zero-order chi connectivity index (χ0) is 15.8. The molecule has 1 atom stereocenters. The van der Waals surface area contributed by atoms with Crippen molar-refractivity contribution in [1.82, 2.24) is 10.6 Å². The fraction of sp³-hybridized carbons (Fsp3) is 0.500. The minimum atomic E-state index is -0.617. The summed E-state index contributed by atoms with van der Waals surface area (Å²) in [7, 11) is 0. The first-order valence-electron chi connectivity index (χ1n) is 7.34. The van der Waals surface area contributed by atoms with Crippen LogP contribution < -0.4 is 10.6 Å². The van der Waals surface area contributed by atoms with Gasteiger partial charge in [0.05, 0.1) is 5.56 Å². The second kappa shape index (κ2) is 8.29. The van der Waals surface area contributed by atoms with Crippen LogP contribution in [0.15, 0.2) is 24.3 Å². The number of nitrogens with one attached hydrogen (secondary N) is 2. The molecule has 0 spiro atoms. The van der Waals surface area contributed by atoms with Crippen molar-refractivity contribution in [2.45, 2.75) is 39.7 Å². The van der Waals surface area contributed by atoms with Gasteiger partial charge in [0, 0.05) is 6.54 Å². The molecule has 0 aliphatic heterocycles. The Balaban J connectivity index is 2.72. The largest absolute Gasteiger partial charge is 0.507 e. The van der Waals surface area contributed by atoms with Crippen LogP contribution in [0.5, 0.6) is 5.75 Å². The number of para-hydroxylation sites is 1. The molecule has 0 radical (unpaired) electrons. The van der Waals surface area contributed by atoms with Gasteiger partial charge in [0.2, 0.25) is 5.91 Å². The smallest absolute Gasteiger partial charge is 0.255 e. The number of unbranched alkanes of at least 4 members (excludes halogenated alkanes) is 1. The Bertz CT molecular complexity index is 486.